The van der Waals surface area contributed by atoms with Gasteiger partial charge >= 0.3 is 18.1 Å². The Hall–Kier alpha value is -5.31. The summed E-state index contributed by atoms with van der Waals surface area (Å²) in [7, 11) is 0. The molecule has 0 amide bonds. The molecule has 1 aromatic heterocycles. The van der Waals surface area contributed by atoms with Gasteiger partial charge < -0.3 is 24.8 Å². The molecule has 45 heavy (non-hydrogen) atoms. The van der Waals surface area contributed by atoms with Crippen LogP contribution in [0, 0.1) is 18.3 Å². The number of piperidine rings is 1. The molecule has 3 N–H and O–H groups in total. The van der Waals surface area contributed by atoms with E-state index < -0.39 is 23.5 Å². The number of rotatable bonds is 6. The first-order chi connectivity index (χ1) is 21.3. The molecule has 234 valence electrons. The van der Waals surface area contributed by atoms with Gasteiger partial charge in [0.25, 0.3) is 0 Å². The van der Waals surface area contributed by atoms with Crippen molar-refractivity contribution in [3.05, 3.63) is 105 Å². The van der Waals surface area contributed by atoms with Crippen LogP contribution in [0.25, 0.3) is 11.0 Å². The largest absolute Gasteiger partial charge is 0.490 e. The molecule has 1 fully saturated rings. The van der Waals surface area contributed by atoms with Gasteiger partial charge in [-0.05, 0) is 56.0 Å². The molecule has 2 heterocycles. The molecule has 1 saturated heterocycles. The maximum Gasteiger partial charge on any atom is 0.490 e. The number of nitrogens with one attached hydrogen (secondary N) is 1. The summed E-state index contributed by atoms with van der Waals surface area (Å²) >= 11 is 0. The SMILES string of the molecule is Cc1cc(C(C)Nc2ccccc2C(=O)O)c2oc(N3CCC(C#N)(c4ccccc4)CC3)cc(=O)c2c1.O=C(O)C(F)(F)F. The van der Waals surface area contributed by atoms with Crippen molar-refractivity contribution in [2.24, 2.45) is 0 Å². The van der Waals surface area contributed by atoms with Crippen LogP contribution < -0.4 is 15.6 Å². The van der Waals surface area contributed by atoms with E-state index in [4.69, 9.17) is 14.3 Å². The van der Waals surface area contributed by atoms with Crippen molar-refractivity contribution >= 4 is 34.5 Å². The lowest BCUT2D eigenvalue weighted by atomic mass is 9.74. The number of anilines is 2. The van der Waals surface area contributed by atoms with Crippen molar-refractivity contribution in [2.75, 3.05) is 23.3 Å². The minimum atomic E-state index is -5.08. The quantitative estimate of drug-likeness (QED) is 0.215. The molecule has 1 aliphatic heterocycles. The number of carboxylic acids is 2. The zero-order chi connectivity index (χ0) is 32.9. The molecule has 0 aliphatic carbocycles. The summed E-state index contributed by atoms with van der Waals surface area (Å²) in [4.78, 5) is 35.9. The van der Waals surface area contributed by atoms with Crippen LogP contribution in [0.15, 0.2) is 82.0 Å². The van der Waals surface area contributed by atoms with Crippen LogP contribution in [0.5, 0.6) is 0 Å². The molecule has 9 nitrogen and oxygen atoms in total. The van der Waals surface area contributed by atoms with Crippen LogP contribution >= 0.6 is 0 Å². The zero-order valence-electron chi connectivity index (χ0n) is 24.4. The van der Waals surface area contributed by atoms with E-state index in [1.807, 2.05) is 61.2 Å². The van der Waals surface area contributed by atoms with E-state index >= 15 is 0 Å². The Morgan fingerprint density at radius 2 is 1.62 bits per heavy atom. The molecule has 1 atom stereocenters. The van der Waals surface area contributed by atoms with Crippen molar-refractivity contribution in [1.29, 1.82) is 5.26 Å². The Labute approximate surface area is 256 Å². The van der Waals surface area contributed by atoms with Gasteiger partial charge in [-0.1, -0.05) is 48.5 Å². The average molecular weight is 622 g/mol. The van der Waals surface area contributed by atoms with Crippen LogP contribution in [0.3, 0.4) is 0 Å². The minimum Gasteiger partial charge on any atom is -0.478 e. The van der Waals surface area contributed by atoms with E-state index in [1.165, 1.54) is 6.07 Å². The molecule has 4 aromatic rings. The van der Waals surface area contributed by atoms with E-state index in [0.717, 1.165) is 16.7 Å². The molecule has 0 bridgehead atoms. The topological polar surface area (TPSA) is 144 Å². The van der Waals surface area contributed by atoms with E-state index in [1.54, 1.807) is 24.3 Å². The predicted octanol–water partition coefficient (Wildman–Crippen LogP) is 6.67. The molecule has 0 radical (unpaired) electrons. The van der Waals surface area contributed by atoms with Gasteiger partial charge in [-0.15, -0.1) is 0 Å². The van der Waals surface area contributed by atoms with Crippen LogP contribution in [-0.2, 0) is 10.2 Å². The molecule has 3 aromatic carbocycles. The molecule has 1 unspecified atom stereocenters. The van der Waals surface area contributed by atoms with E-state index in [0.29, 0.717) is 48.5 Å². The maximum absolute atomic E-state index is 13.2. The summed E-state index contributed by atoms with van der Waals surface area (Å²) in [6.07, 6.45) is -3.83. The second-order valence-corrected chi connectivity index (χ2v) is 10.7. The number of carboxylic acid groups (broad SMARTS) is 2. The number of fused-ring (bicyclic) bond motifs is 1. The first kappa shape index (κ1) is 32.6. The smallest absolute Gasteiger partial charge is 0.478 e. The third-order valence-corrected chi connectivity index (χ3v) is 7.70. The van der Waals surface area contributed by atoms with E-state index in [-0.39, 0.29) is 17.0 Å². The zero-order valence-corrected chi connectivity index (χ0v) is 24.4. The van der Waals surface area contributed by atoms with Gasteiger partial charge in [0, 0.05) is 30.4 Å². The van der Waals surface area contributed by atoms with Gasteiger partial charge in [-0.3, -0.25) is 4.79 Å². The average Bonchev–Trinajstić information content (AvgIpc) is 3.01. The van der Waals surface area contributed by atoms with Crippen LogP contribution in [0.4, 0.5) is 24.7 Å². The number of nitriles is 1. The lowest BCUT2D eigenvalue weighted by Gasteiger charge is -2.37. The van der Waals surface area contributed by atoms with Gasteiger partial charge in [-0.25, -0.2) is 9.59 Å². The number of halogens is 3. The second-order valence-electron chi connectivity index (χ2n) is 10.7. The summed E-state index contributed by atoms with van der Waals surface area (Å²) in [5.74, 6) is -3.30. The third-order valence-electron chi connectivity index (χ3n) is 7.70. The summed E-state index contributed by atoms with van der Waals surface area (Å²) < 4.78 is 38.1. The Kier molecular flexibility index (Phi) is 9.51. The number of aryl methyl sites for hydroxylation is 1. The molecule has 0 spiro atoms. The van der Waals surface area contributed by atoms with Gasteiger partial charge in [0.05, 0.1) is 28.5 Å². The fraction of sp³-hybridized carbons (Fsp3) is 0.273. The highest BCUT2D eigenvalue weighted by Gasteiger charge is 2.38. The van der Waals surface area contributed by atoms with Crippen LogP contribution in [0.2, 0.25) is 0 Å². The van der Waals surface area contributed by atoms with Gasteiger partial charge in [0.15, 0.2) is 11.3 Å². The Morgan fingerprint density at radius 3 is 2.20 bits per heavy atom. The van der Waals surface area contributed by atoms with Crippen molar-refractivity contribution in [1.82, 2.24) is 0 Å². The van der Waals surface area contributed by atoms with Crippen molar-refractivity contribution in [3.63, 3.8) is 0 Å². The first-order valence-electron chi connectivity index (χ1n) is 13.9. The minimum absolute atomic E-state index is 0.135. The fourth-order valence-corrected chi connectivity index (χ4v) is 5.34. The Bertz CT molecular complexity index is 1810. The third kappa shape index (κ3) is 7.26. The van der Waals surface area contributed by atoms with Crippen LogP contribution in [0.1, 0.15) is 52.9 Å². The Morgan fingerprint density at radius 1 is 1.02 bits per heavy atom. The molecule has 5 rings (SSSR count). The normalized spacial score (nSPS) is 14.9. The maximum atomic E-state index is 13.2. The van der Waals surface area contributed by atoms with E-state index in [9.17, 15) is 33.1 Å². The van der Waals surface area contributed by atoms with Crippen molar-refractivity contribution < 1.29 is 37.4 Å². The van der Waals surface area contributed by atoms with E-state index in [2.05, 4.69) is 11.4 Å². The summed E-state index contributed by atoms with van der Waals surface area (Å²) in [5.41, 5.74) is 3.14. The molecule has 12 heteroatoms. The van der Waals surface area contributed by atoms with Crippen molar-refractivity contribution in [3.8, 4) is 6.07 Å². The van der Waals surface area contributed by atoms with Crippen LogP contribution in [-0.4, -0.2) is 41.4 Å². The number of aliphatic carboxylic acids is 1. The monoisotopic (exact) mass is 621 g/mol. The molecule has 0 saturated carbocycles. The number of para-hydroxylation sites is 1. The number of hydrogen-bond acceptors (Lipinski definition) is 7. The summed E-state index contributed by atoms with van der Waals surface area (Å²) in [5, 5.41) is 30.5. The van der Waals surface area contributed by atoms with Gasteiger partial charge in [-0.2, -0.15) is 18.4 Å². The molecule has 1 aliphatic rings. The highest BCUT2D eigenvalue weighted by atomic mass is 19.4. The second kappa shape index (κ2) is 13.1. The van der Waals surface area contributed by atoms with Gasteiger partial charge in [0.1, 0.15) is 5.58 Å². The Balaban J connectivity index is 0.000000591. The standard InChI is InChI=1S/C31H29N3O4.C2HF3O2/c1-20-16-24(21(2)33-26-11-7-6-10-23(26)30(36)37)29-25(17-20)27(35)18-28(38-29)34-14-12-31(19-32,13-15-34)22-8-4-3-5-9-22;3-2(4,5)1(6)7/h3-11,16-18,21,33H,12-15H2,1-2H3,(H,36,37);(H,6,7). The molecular formula is C33H30F3N3O6. The highest BCUT2D eigenvalue weighted by molar-refractivity contribution is 5.94. The lowest BCUT2D eigenvalue weighted by Crippen LogP contribution is -2.42. The number of nitrogens with zero attached hydrogens (tertiary/aromatic N) is 2. The highest BCUT2D eigenvalue weighted by Crippen LogP contribution is 2.37. The number of aromatic carboxylic acids is 1. The number of benzene rings is 3. The summed E-state index contributed by atoms with van der Waals surface area (Å²) in [6, 6.07) is 24.1. The number of alkyl halides is 3. The number of carbonyl (C=O) groups is 2. The van der Waals surface area contributed by atoms with Crippen molar-refractivity contribution in [2.45, 2.75) is 44.3 Å². The number of hydrogen-bond donors (Lipinski definition) is 3. The molecular weight excluding hydrogens is 591 g/mol. The fourth-order valence-electron chi connectivity index (χ4n) is 5.34. The summed E-state index contributed by atoms with van der Waals surface area (Å²) in [6.45, 7) is 5.00. The van der Waals surface area contributed by atoms with Gasteiger partial charge in [0.2, 0.25) is 0 Å². The first-order valence-corrected chi connectivity index (χ1v) is 13.9. The lowest BCUT2D eigenvalue weighted by molar-refractivity contribution is -0.192. The predicted molar refractivity (Wildman–Crippen MR) is 162 cm³/mol.